The molecule has 7 N–H and O–H groups in total. The lowest BCUT2D eigenvalue weighted by molar-refractivity contribution is 0.0708. The van der Waals surface area contributed by atoms with Crippen LogP contribution >= 0.6 is 0 Å². The molecule has 0 spiro atoms. The van der Waals surface area contributed by atoms with Gasteiger partial charge in [-0.05, 0) is 204 Å². The Kier molecular flexibility index (Phi) is 41.9. The number of aryl methyl sites for hydroxylation is 1. The van der Waals surface area contributed by atoms with E-state index in [-0.39, 0.29) is 73.8 Å². The zero-order valence-corrected chi connectivity index (χ0v) is 76.4. The van der Waals surface area contributed by atoms with Gasteiger partial charge in [-0.25, -0.2) is 0 Å². The molecule has 0 saturated carbocycles. The molecule has 640 valence electrons. The molecule has 0 amide bonds. The van der Waals surface area contributed by atoms with Gasteiger partial charge in [0.25, 0.3) is 0 Å². The molecule has 0 fully saturated rings. The van der Waals surface area contributed by atoms with Crippen molar-refractivity contribution in [2.24, 2.45) is 37.9 Å². The molecule has 7 unspecified atom stereocenters. The van der Waals surface area contributed by atoms with Crippen LogP contribution in [0.3, 0.4) is 0 Å². The molecule has 10 rings (SSSR count). The Balaban J connectivity index is 0.000000288. The van der Waals surface area contributed by atoms with Gasteiger partial charge in [0.2, 0.25) is 0 Å². The molecule has 0 aliphatic carbocycles. The first-order valence-electron chi connectivity index (χ1n) is 42.8. The molecule has 0 saturated heterocycles. The number of aliphatic hydroxyl groups is 7. The number of hydrogen-bond acceptors (Lipinski definition) is 9. The van der Waals surface area contributed by atoms with Crippen molar-refractivity contribution in [3.8, 4) is 22.6 Å². The maximum absolute atomic E-state index is 10.4. The first-order chi connectivity index (χ1) is 54.4. The Morgan fingerprint density at radius 1 is 0.265 bits per heavy atom. The Hall–Kier alpha value is -7.96. The highest BCUT2D eigenvalue weighted by molar-refractivity contribution is 5.86. The number of aliphatic hydroxyl groups excluding tert-OH is 7. The van der Waals surface area contributed by atoms with E-state index >= 15 is 0 Å². The number of unbranched alkanes of at least 4 members (excludes halogenated alkanes) is 1. The van der Waals surface area contributed by atoms with Crippen molar-refractivity contribution in [3.05, 3.63) is 288 Å². The summed E-state index contributed by atoms with van der Waals surface area (Å²) in [4.78, 5) is 0. The Morgan fingerprint density at radius 3 is 1.08 bits per heavy atom. The summed E-state index contributed by atoms with van der Waals surface area (Å²) in [7, 11) is 0. The topological polar surface area (TPSA) is 160 Å². The quantitative estimate of drug-likeness (QED) is 0.0309. The van der Waals surface area contributed by atoms with Crippen molar-refractivity contribution in [1.29, 1.82) is 0 Å². The van der Waals surface area contributed by atoms with E-state index in [1.54, 1.807) is 0 Å². The van der Waals surface area contributed by atoms with E-state index < -0.39 is 12.2 Å². The fourth-order valence-electron chi connectivity index (χ4n) is 13.6. The van der Waals surface area contributed by atoms with Gasteiger partial charge >= 0.3 is 0 Å². The van der Waals surface area contributed by atoms with Gasteiger partial charge in [-0.3, -0.25) is 0 Å². The third-order valence-corrected chi connectivity index (χ3v) is 19.1. The molecular weight excluding hydrogens is 1440 g/mol. The summed E-state index contributed by atoms with van der Waals surface area (Å²) in [5, 5.41) is 74.9. The summed E-state index contributed by atoms with van der Waals surface area (Å²) in [6.07, 6.45) is 7.46. The van der Waals surface area contributed by atoms with Crippen molar-refractivity contribution in [1.82, 2.24) is 0 Å². The van der Waals surface area contributed by atoms with E-state index in [4.69, 9.17) is 9.47 Å². The zero-order chi connectivity index (χ0) is 87.4. The average molecular weight is 1600 g/mol. The lowest BCUT2D eigenvalue weighted by Crippen LogP contribution is -2.23. The minimum absolute atomic E-state index is 0.124. The molecule has 10 aromatic carbocycles. The molecule has 0 aliphatic heterocycles. The van der Waals surface area contributed by atoms with Crippen LogP contribution in [0.1, 0.15) is 288 Å². The van der Waals surface area contributed by atoms with E-state index in [0.29, 0.717) is 13.2 Å². The van der Waals surface area contributed by atoms with Crippen LogP contribution in [-0.4, -0.2) is 67.3 Å². The minimum Gasteiger partial charge on any atom is -0.491 e. The van der Waals surface area contributed by atoms with Crippen LogP contribution in [0.2, 0.25) is 0 Å². The van der Waals surface area contributed by atoms with Gasteiger partial charge < -0.3 is 45.2 Å². The molecule has 9 nitrogen and oxygen atoms in total. The third kappa shape index (κ3) is 45.7. The summed E-state index contributed by atoms with van der Waals surface area (Å²) in [6.45, 7) is 52.3. The fourth-order valence-corrected chi connectivity index (χ4v) is 13.6. The molecular formula is C108H154O9. The second-order valence-electron chi connectivity index (χ2n) is 41.4. The van der Waals surface area contributed by atoms with Gasteiger partial charge in [-0.15, -0.1) is 0 Å². The molecule has 10 aromatic rings. The number of ether oxygens (including phenoxy) is 2. The van der Waals surface area contributed by atoms with Gasteiger partial charge in [-0.1, -0.05) is 397 Å². The number of para-hydroxylation sites is 1. The van der Waals surface area contributed by atoms with Crippen molar-refractivity contribution < 1.29 is 45.2 Å². The molecule has 0 aromatic heterocycles. The monoisotopic (exact) mass is 1600 g/mol. The van der Waals surface area contributed by atoms with Gasteiger partial charge in [0, 0.05) is 0 Å². The van der Waals surface area contributed by atoms with Gasteiger partial charge in [0.15, 0.2) is 0 Å². The van der Waals surface area contributed by atoms with Crippen LogP contribution in [0.4, 0.5) is 0 Å². The van der Waals surface area contributed by atoms with Crippen LogP contribution in [0, 0.1) is 37.9 Å². The predicted molar refractivity (Wildman–Crippen MR) is 499 cm³/mol. The van der Waals surface area contributed by atoms with E-state index in [9.17, 15) is 35.7 Å². The van der Waals surface area contributed by atoms with Crippen molar-refractivity contribution >= 4 is 21.5 Å². The van der Waals surface area contributed by atoms with Gasteiger partial charge in [-0.2, -0.15) is 0 Å². The summed E-state index contributed by atoms with van der Waals surface area (Å²) in [6, 6.07) is 85.4. The maximum Gasteiger partial charge on any atom is 0.119 e. The van der Waals surface area contributed by atoms with Crippen molar-refractivity contribution in [2.75, 3.05) is 13.2 Å². The standard InChI is InChI=1S/C18H22O.C17H28O2.2C16H20O.C16H26O.C13H20O2.C12H18O/c1-18(2,3)13-17(19)16-11-9-15(10-12-16)14-7-5-4-6-8-14;1-16(2,3)11-14(18)12-19-15-9-7-13(8-10-15)17(4,5)6;1-16(2,3)11-15(17)14-10-6-8-12-7-4-5-9-13(12)14;1-16(2,3)11-15(17)14-9-8-12-6-4-5-7-13(12)10-14;1-16(2,3)13-15(17)12-8-7-11-14-9-5-4-6-10-14;1-13(2,3)9-11(14)10-15-12-7-5-4-6-8-12;1-12(2,3)9-11(13)10-7-5-4-6-8-10/h4-12,17,19H,13H2,1-3H3;7-10,14,18H,11-12H2,1-6H3;2*4-10,15,17H,11H2,1-3H3;4-6,9-10,15,17H,7-8,11-13H2,1-3H3;4-8,11,14H,9-10H2,1-3H3;4-8,11,13H,9H2,1-3H3. The summed E-state index contributed by atoms with van der Waals surface area (Å²) in [5.74, 6) is 1.63. The highest BCUT2D eigenvalue weighted by Crippen LogP contribution is 2.36. The highest BCUT2D eigenvalue weighted by Gasteiger charge is 2.24. The number of benzene rings is 10. The summed E-state index contributed by atoms with van der Waals surface area (Å²) in [5.41, 5.74) is 10.4. The third-order valence-electron chi connectivity index (χ3n) is 19.1. The predicted octanol–water partition coefficient (Wildman–Crippen LogP) is 27.8. The van der Waals surface area contributed by atoms with Crippen LogP contribution in [0.5, 0.6) is 11.5 Å². The smallest absolute Gasteiger partial charge is 0.119 e. The van der Waals surface area contributed by atoms with Crippen molar-refractivity contribution in [2.45, 2.75) is 285 Å². The van der Waals surface area contributed by atoms with Crippen LogP contribution in [0.25, 0.3) is 32.7 Å². The highest BCUT2D eigenvalue weighted by atomic mass is 16.5. The first-order valence-corrected chi connectivity index (χ1v) is 42.8. The Labute approximate surface area is 709 Å². The zero-order valence-electron chi connectivity index (χ0n) is 76.4. The van der Waals surface area contributed by atoms with E-state index in [1.807, 2.05) is 146 Å². The molecule has 0 aliphatic rings. The molecule has 0 bridgehead atoms. The van der Waals surface area contributed by atoms with Crippen LogP contribution in [0.15, 0.2) is 255 Å². The van der Waals surface area contributed by atoms with Crippen LogP contribution in [-0.2, 0) is 11.8 Å². The lowest BCUT2D eigenvalue weighted by atomic mass is 9.85. The number of fused-ring (bicyclic) bond motifs is 2. The SMILES string of the molecule is CC(C)(C)CC(O)CCCCc1ccccc1.CC(C)(C)CC(O)COc1ccc(C(C)(C)C)cc1.CC(C)(C)CC(O)COc1ccccc1.CC(C)(C)CC(O)c1ccc(-c2ccccc2)cc1.CC(C)(C)CC(O)c1ccc2ccccc2c1.CC(C)(C)CC(O)c1cccc2ccccc12.CC(C)(C)CC(O)c1ccccc1. The van der Waals surface area contributed by atoms with E-state index in [1.165, 1.54) is 44.8 Å². The molecule has 9 heteroatoms. The fraction of sp³-hybridized carbons (Fsp3) is 0.481. The maximum atomic E-state index is 10.4. The molecule has 7 atom stereocenters. The lowest BCUT2D eigenvalue weighted by Gasteiger charge is -2.23. The molecule has 117 heavy (non-hydrogen) atoms. The van der Waals surface area contributed by atoms with Gasteiger partial charge in [0.05, 0.1) is 42.7 Å². The normalized spacial score (nSPS) is 13.8. The Bertz CT molecular complexity index is 4260. The average Bonchev–Trinajstić information content (AvgIpc) is 0.815. The first kappa shape index (κ1) is 101. The minimum atomic E-state index is -0.415. The molecule has 0 radical (unpaired) electrons. The second kappa shape index (κ2) is 48.3. The second-order valence-corrected chi connectivity index (χ2v) is 41.4. The number of hydrogen-bond donors (Lipinski definition) is 7. The van der Waals surface area contributed by atoms with E-state index in [0.717, 1.165) is 103 Å². The molecule has 0 heterocycles. The number of rotatable bonds is 23. The Morgan fingerprint density at radius 2 is 0.615 bits per heavy atom. The van der Waals surface area contributed by atoms with Crippen molar-refractivity contribution in [3.63, 3.8) is 0 Å². The van der Waals surface area contributed by atoms with Gasteiger partial charge in [0.1, 0.15) is 24.7 Å². The summed E-state index contributed by atoms with van der Waals surface area (Å²) < 4.78 is 11.1. The largest absolute Gasteiger partial charge is 0.491 e. The van der Waals surface area contributed by atoms with Crippen LogP contribution < -0.4 is 9.47 Å². The summed E-state index contributed by atoms with van der Waals surface area (Å²) >= 11 is 0. The van der Waals surface area contributed by atoms with E-state index in [2.05, 4.69) is 275 Å².